The molecule has 4 aliphatic heterocycles. The number of fused-ring (bicyclic) bond motifs is 2. The molecule has 69 heavy (non-hydrogen) atoms. The van der Waals surface area contributed by atoms with Crippen LogP contribution in [0.3, 0.4) is 0 Å². The molecule has 18 heteroatoms. The number of carbonyl (C=O) groups is 1. The van der Waals surface area contributed by atoms with Crippen molar-refractivity contribution in [2.75, 3.05) is 63.1 Å². The lowest BCUT2D eigenvalue weighted by atomic mass is 9.69. The van der Waals surface area contributed by atoms with Gasteiger partial charge in [0.1, 0.15) is 29.6 Å². The van der Waals surface area contributed by atoms with Gasteiger partial charge in [0.2, 0.25) is 0 Å². The third kappa shape index (κ3) is 9.35. The highest BCUT2D eigenvalue weighted by atomic mass is 32.2. The molecule has 0 unspecified atom stereocenters. The van der Waals surface area contributed by atoms with Gasteiger partial charge in [0.15, 0.2) is 11.4 Å². The number of amides is 1. The van der Waals surface area contributed by atoms with Crippen molar-refractivity contribution in [2.45, 2.75) is 100 Å². The van der Waals surface area contributed by atoms with E-state index in [9.17, 15) is 32.8 Å². The lowest BCUT2D eigenvalue weighted by Gasteiger charge is -2.59. The number of nitro benzene ring substituents is 1. The Morgan fingerprint density at radius 3 is 2.54 bits per heavy atom. The zero-order valence-electron chi connectivity index (χ0n) is 39.5. The normalized spacial score (nSPS) is 25.1. The molecule has 0 radical (unpaired) electrons. The highest BCUT2D eigenvalue weighted by molar-refractivity contribution is 7.90. The van der Waals surface area contributed by atoms with E-state index in [1.54, 1.807) is 19.1 Å². The van der Waals surface area contributed by atoms with Gasteiger partial charge < -0.3 is 34.7 Å². The molecule has 6 heterocycles. The monoisotopic (exact) mass is 964 g/mol. The fraction of sp³-hybridized carbons (Fsp3) is 0.490. The van der Waals surface area contributed by atoms with Crippen LogP contribution in [0.25, 0.3) is 11.0 Å². The van der Waals surface area contributed by atoms with Gasteiger partial charge in [-0.1, -0.05) is 38.1 Å². The van der Waals surface area contributed by atoms with Crippen molar-refractivity contribution in [1.82, 2.24) is 24.5 Å². The Labute approximate surface area is 401 Å². The number of piperidine rings is 2. The molecule has 1 saturated carbocycles. The number of carbonyl (C=O) groups excluding carboxylic acids is 1. The van der Waals surface area contributed by atoms with E-state index < -0.39 is 42.9 Å². The molecule has 5 aliphatic rings. The van der Waals surface area contributed by atoms with Gasteiger partial charge >= 0.3 is 0 Å². The second-order valence-electron chi connectivity index (χ2n) is 20.8. The number of halogens is 1. The van der Waals surface area contributed by atoms with Crippen LogP contribution in [0.15, 0.2) is 78.0 Å². The fourth-order valence-electron chi connectivity index (χ4n) is 11.6. The Kier molecular flexibility index (Phi) is 12.3. The molecule has 366 valence electrons. The molecule has 1 spiro atoms. The van der Waals surface area contributed by atoms with Crippen molar-refractivity contribution in [3.05, 3.63) is 106 Å². The highest BCUT2D eigenvalue weighted by Crippen LogP contribution is 2.47. The molecule has 1 amide bonds. The van der Waals surface area contributed by atoms with E-state index in [0.717, 1.165) is 70.3 Å². The number of pyridine rings is 1. The number of aromatic nitrogens is 2. The fourth-order valence-corrected chi connectivity index (χ4v) is 12.6. The summed E-state index contributed by atoms with van der Waals surface area (Å²) in [6, 6.07) is 17.6. The molecule has 5 aromatic rings. The predicted molar refractivity (Wildman–Crippen MR) is 260 cm³/mol. The van der Waals surface area contributed by atoms with Crippen molar-refractivity contribution >= 4 is 44.0 Å². The second-order valence-corrected chi connectivity index (χ2v) is 22.5. The molecule has 0 bridgehead atoms. The number of H-pyrrole nitrogens is 1. The van der Waals surface area contributed by atoms with Crippen LogP contribution in [0.5, 0.6) is 17.2 Å². The molecule has 4 fully saturated rings. The van der Waals surface area contributed by atoms with E-state index in [1.165, 1.54) is 41.7 Å². The minimum atomic E-state index is -4.72. The topological polar surface area (TPSA) is 195 Å². The van der Waals surface area contributed by atoms with Crippen LogP contribution in [-0.4, -0.2) is 115 Å². The van der Waals surface area contributed by atoms with E-state index in [-0.39, 0.29) is 57.9 Å². The minimum absolute atomic E-state index is 0.0154. The van der Waals surface area contributed by atoms with Crippen LogP contribution < -0.4 is 24.4 Å². The van der Waals surface area contributed by atoms with E-state index in [4.69, 9.17) is 9.47 Å². The first-order valence-corrected chi connectivity index (χ1v) is 25.7. The summed E-state index contributed by atoms with van der Waals surface area (Å²) in [4.78, 5) is 39.8. The van der Waals surface area contributed by atoms with E-state index in [2.05, 4.69) is 79.9 Å². The molecule has 1 aliphatic carbocycles. The smallest absolute Gasteiger partial charge is 0.297 e. The third-order valence-corrected chi connectivity index (χ3v) is 16.9. The van der Waals surface area contributed by atoms with E-state index in [0.29, 0.717) is 49.2 Å². The van der Waals surface area contributed by atoms with E-state index >= 15 is 0 Å². The Hall–Kier alpha value is -5.82. The largest absolute Gasteiger partial charge is 0.489 e. The number of likely N-dealkylation sites (tertiary alicyclic amines) is 2. The van der Waals surface area contributed by atoms with Crippen LogP contribution >= 0.6 is 0 Å². The van der Waals surface area contributed by atoms with Crippen molar-refractivity contribution in [3.8, 4) is 17.2 Å². The number of likely N-dealkylation sites (N-methyl/N-ethyl adjacent to an activating group) is 1. The van der Waals surface area contributed by atoms with E-state index in [1.807, 2.05) is 0 Å². The van der Waals surface area contributed by atoms with Gasteiger partial charge in [0.25, 0.3) is 21.6 Å². The first kappa shape index (κ1) is 46.9. The maximum Gasteiger partial charge on any atom is 0.297 e. The summed E-state index contributed by atoms with van der Waals surface area (Å²) >= 11 is 0. The zero-order valence-corrected chi connectivity index (χ0v) is 40.4. The number of aromatic amines is 1. The maximum atomic E-state index is 14.7. The highest BCUT2D eigenvalue weighted by Gasteiger charge is 2.49. The standard InChI is InChI=1S/C51H61FN8O8S/c1-31(2)36-7-5-6-8-37(36)40-27-57(4)18-13-43(40)59-29-51(30-59)16-19-58(20-17-51)33-9-10-38(45(21-33)68-34-22-39-41(52)26-54-48(39)53-25-34)49(61)56-69(65,66)35-23-44(60(63)64)47-46(24-35)67-28-42(55-47)32-11-14-50(3,62)15-12-32/h5-10,21-26,31-32,40,42-43,55,62H,11-20,27-30H2,1-4H3,(H,53,54)(H,56,61)/t32-,40-,42-,43-,50-/m1/s1. The van der Waals surface area contributed by atoms with Crippen LogP contribution in [-0.2, 0) is 10.0 Å². The number of rotatable bonds is 11. The number of nitrogens with one attached hydrogen (secondary N) is 3. The Bertz CT molecular complexity index is 2880. The number of sulfonamides is 1. The molecule has 4 N–H and O–H groups in total. The predicted octanol–water partition coefficient (Wildman–Crippen LogP) is 8.15. The summed E-state index contributed by atoms with van der Waals surface area (Å²) in [7, 11) is -2.49. The minimum Gasteiger partial charge on any atom is -0.489 e. The first-order valence-electron chi connectivity index (χ1n) is 24.2. The van der Waals surface area contributed by atoms with Gasteiger partial charge in [-0.3, -0.25) is 19.8 Å². The van der Waals surface area contributed by atoms with Gasteiger partial charge in [0, 0.05) is 74.8 Å². The molecule has 16 nitrogen and oxygen atoms in total. The lowest BCUT2D eigenvalue weighted by Crippen LogP contribution is -2.65. The summed E-state index contributed by atoms with van der Waals surface area (Å²) in [5, 5.41) is 26.3. The van der Waals surface area contributed by atoms with Crippen LogP contribution in [0.1, 0.15) is 99.0 Å². The number of hydrogen-bond acceptors (Lipinski definition) is 13. The first-order chi connectivity index (χ1) is 32.9. The molecular weight excluding hydrogens is 904 g/mol. The molecule has 10 rings (SSSR count). The van der Waals surface area contributed by atoms with Crippen molar-refractivity contribution < 1.29 is 37.1 Å². The Morgan fingerprint density at radius 2 is 1.80 bits per heavy atom. The van der Waals surface area contributed by atoms with Crippen LogP contribution in [0, 0.1) is 27.3 Å². The van der Waals surface area contributed by atoms with Gasteiger partial charge in [-0.25, -0.2) is 22.5 Å². The molecule has 3 atom stereocenters. The molecule has 3 saturated heterocycles. The number of ether oxygens (including phenoxy) is 2. The average Bonchev–Trinajstić information content (AvgIpc) is 3.69. The number of nitrogens with zero attached hydrogens (tertiary/aromatic N) is 5. The lowest BCUT2D eigenvalue weighted by molar-refractivity contribution is -0.384. The zero-order chi connectivity index (χ0) is 48.4. The third-order valence-electron chi connectivity index (χ3n) is 15.6. The van der Waals surface area contributed by atoms with Gasteiger partial charge in [-0.05, 0) is 112 Å². The van der Waals surface area contributed by atoms with Gasteiger partial charge in [0.05, 0.1) is 38.6 Å². The summed E-state index contributed by atoms with van der Waals surface area (Å²) in [5.41, 5.74) is 2.82. The molecular formula is C51H61FN8O8S. The number of nitro groups is 1. The van der Waals surface area contributed by atoms with Crippen molar-refractivity contribution in [1.29, 1.82) is 0 Å². The quantitative estimate of drug-likeness (QED) is 0.0732. The number of aliphatic hydroxyl groups is 1. The summed E-state index contributed by atoms with van der Waals surface area (Å²) in [6.45, 7) is 12.2. The number of anilines is 2. The van der Waals surface area contributed by atoms with Crippen LogP contribution in [0.2, 0.25) is 0 Å². The summed E-state index contributed by atoms with van der Waals surface area (Å²) in [6.07, 6.45) is 8.21. The molecule has 2 aromatic heterocycles. The van der Waals surface area contributed by atoms with Crippen molar-refractivity contribution in [3.63, 3.8) is 0 Å². The number of hydrogen-bond donors (Lipinski definition) is 4. The van der Waals surface area contributed by atoms with Gasteiger partial charge in [-0.2, -0.15) is 0 Å². The number of benzene rings is 3. The summed E-state index contributed by atoms with van der Waals surface area (Å²) in [5.74, 6) is -0.489. The second kappa shape index (κ2) is 18.2. The van der Waals surface area contributed by atoms with Gasteiger partial charge in [-0.15, -0.1) is 0 Å². The maximum absolute atomic E-state index is 14.7. The SMILES string of the molecule is CC(C)c1ccccc1[C@H]1CN(C)CC[C@H]1N1CC2(CCN(c3ccc(C(=O)NS(=O)(=O)c4cc5c(c([N+](=O)[O-])c4)N[C@@H]([C@H]4CC[C@](C)(O)CC4)CO5)c(Oc4cnc5[nH]cc(F)c5c4)c3)CC2)C1. The molecule has 3 aromatic carbocycles. The van der Waals surface area contributed by atoms with Crippen molar-refractivity contribution in [2.24, 2.45) is 11.3 Å². The Balaban J connectivity index is 0.865. The van der Waals surface area contributed by atoms with Crippen LogP contribution in [0.4, 0.5) is 21.5 Å². The Morgan fingerprint density at radius 1 is 1.04 bits per heavy atom. The average molecular weight is 965 g/mol. The summed E-state index contributed by atoms with van der Waals surface area (Å²) < 4.78 is 57.0.